The molecule has 0 heterocycles. The monoisotopic (exact) mass is 199 g/mol. The zero-order chi connectivity index (χ0) is 10.4. The Bertz CT molecular complexity index is 215. The van der Waals surface area contributed by atoms with Gasteiger partial charge < -0.3 is 14.8 Å². The van der Waals surface area contributed by atoms with Gasteiger partial charge in [0.2, 0.25) is 0 Å². The average molecular weight is 199 g/mol. The maximum Gasteiger partial charge on any atom is 0.331 e. The van der Waals surface area contributed by atoms with Crippen LogP contribution in [0.2, 0.25) is 0 Å². The molecule has 4 nitrogen and oxygen atoms in total. The summed E-state index contributed by atoms with van der Waals surface area (Å²) >= 11 is 0. The highest BCUT2D eigenvalue weighted by Gasteiger charge is 2.22. The van der Waals surface area contributed by atoms with Crippen LogP contribution in [0, 0.1) is 0 Å². The van der Waals surface area contributed by atoms with Crippen LogP contribution in [-0.4, -0.2) is 32.3 Å². The summed E-state index contributed by atoms with van der Waals surface area (Å²) in [6.07, 6.45) is 6.57. The minimum absolute atomic E-state index is 0.334. The van der Waals surface area contributed by atoms with Gasteiger partial charge in [0.1, 0.15) is 0 Å². The van der Waals surface area contributed by atoms with Crippen molar-refractivity contribution in [3.05, 3.63) is 12.3 Å². The minimum Gasteiger partial charge on any atom is -0.466 e. The molecule has 4 heteroatoms. The topological polar surface area (TPSA) is 47.6 Å². The van der Waals surface area contributed by atoms with Crippen molar-refractivity contribution in [2.75, 3.05) is 14.2 Å². The van der Waals surface area contributed by atoms with Crippen molar-refractivity contribution >= 4 is 5.97 Å². The summed E-state index contributed by atoms with van der Waals surface area (Å²) in [5.74, 6) is -0.334. The molecule has 1 N–H and O–H groups in total. The number of hydrogen-bond acceptors (Lipinski definition) is 4. The fourth-order valence-electron chi connectivity index (χ4n) is 1.63. The first-order valence-corrected chi connectivity index (χ1v) is 4.79. The maximum atomic E-state index is 10.7. The van der Waals surface area contributed by atoms with Crippen molar-refractivity contribution in [1.82, 2.24) is 5.32 Å². The van der Waals surface area contributed by atoms with Gasteiger partial charge in [0, 0.05) is 25.4 Å². The van der Waals surface area contributed by atoms with Crippen LogP contribution in [0.1, 0.15) is 19.3 Å². The maximum absolute atomic E-state index is 10.7. The van der Waals surface area contributed by atoms with Crippen molar-refractivity contribution < 1.29 is 14.3 Å². The van der Waals surface area contributed by atoms with Crippen LogP contribution in [0.4, 0.5) is 0 Å². The number of carbonyl (C=O) groups excluding carboxylic acids is 1. The van der Waals surface area contributed by atoms with E-state index in [-0.39, 0.29) is 5.97 Å². The van der Waals surface area contributed by atoms with E-state index in [1.165, 1.54) is 13.2 Å². The summed E-state index contributed by atoms with van der Waals surface area (Å²) in [4.78, 5) is 10.7. The largest absolute Gasteiger partial charge is 0.466 e. The molecule has 0 bridgehead atoms. The number of nitrogens with one attached hydrogen (secondary N) is 1. The molecule has 0 saturated heterocycles. The van der Waals surface area contributed by atoms with Gasteiger partial charge in [-0.1, -0.05) is 0 Å². The molecule has 2 atom stereocenters. The third kappa shape index (κ3) is 3.38. The van der Waals surface area contributed by atoms with Crippen LogP contribution < -0.4 is 5.32 Å². The Hall–Kier alpha value is -1.03. The van der Waals surface area contributed by atoms with E-state index in [4.69, 9.17) is 4.74 Å². The van der Waals surface area contributed by atoms with E-state index in [1.54, 1.807) is 13.3 Å². The Morgan fingerprint density at radius 1 is 1.43 bits per heavy atom. The molecule has 0 radical (unpaired) electrons. The summed E-state index contributed by atoms with van der Waals surface area (Å²) in [6, 6.07) is 0.417. The molecule has 0 aromatic rings. The third-order valence-corrected chi connectivity index (χ3v) is 2.47. The van der Waals surface area contributed by atoms with Crippen molar-refractivity contribution in [3.8, 4) is 0 Å². The van der Waals surface area contributed by atoms with Crippen LogP contribution in [-0.2, 0) is 14.3 Å². The quantitative estimate of drug-likeness (QED) is 0.538. The molecule has 0 aliphatic heterocycles. The van der Waals surface area contributed by atoms with E-state index in [0.29, 0.717) is 12.1 Å². The van der Waals surface area contributed by atoms with Crippen molar-refractivity contribution in [3.63, 3.8) is 0 Å². The molecule has 80 valence electrons. The van der Waals surface area contributed by atoms with Crippen molar-refractivity contribution in [2.24, 2.45) is 0 Å². The first kappa shape index (κ1) is 11.0. The number of esters is 1. The van der Waals surface area contributed by atoms with E-state index in [9.17, 15) is 4.79 Å². The lowest BCUT2D eigenvalue weighted by atomic mass is 10.2. The zero-order valence-corrected chi connectivity index (χ0v) is 8.66. The normalized spacial score (nSPS) is 26.7. The van der Waals surface area contributed by atoms with Gasteiger partial charge in [-0.15, -0.1) is 0 Å². The summed E-state index contributed by atoms with van der Waals surface area (Å²) in [6.45, 7) is 0. The highest BCUT2D eigenvalue weighted by Crippen LogP contribution is 2.21. The second-order valence-electron chi connectivity index (χ2n) is 3.39. The van der Waals surface area contributed by atoms with Gasteiger partial charge in [-0.05, 0) is 19.3 Å². The summed E-state index contributed by atoms with van der Waals surface area (Å²) in [7, 11) is 3.10. The number of carbonyl (C=O) groups is 1. The Morgan fingerprint density at radius 2 is 2.21 bits per heavy atom. The van der Waals surface area contributed by atoms with Crippen LogP contribution in [0.25, 0.3) is 0 Å². The Morgan fingerprint density at radius 3 is 2.79 bits per heavy atom. The summed E-state index contributed by atoms with van der Waals surface area (Å²) < 4.78 is 9.70. The van der Waals surface area contributed by atoms with Crippen LogP contribution in [0.5, 0.6) is 0 Å². The first-order valence-electron chi connectivity index (χ1n) is 4.79. The lowest BCUT2D eigenvalue weighted by Gasteiger charge is -2.09. The molecule has 1 rings (SSSR count). The van der Waals surface area contributed by atoms with Crippen molar-refractivity contribution in [2.45, 2.75) is 31.4 Å². The van der Waals surface area contributed by atoms with E-state index in [0.717, 1.165) is 19.3 Å². The lowest BCUT2D eigenvalue weighted by Crippen LogP contribution is -2.22. The predicted molar refractivity (Wildman–Crippen MR) is 52.7 cm³/mol. The SMILES string of the molecule is COC(=O)/C=C/NC1CCC(OC)C1. The van der Waals surface area contributed by atoms with Gasteiger partial charge in [0.05, 0.1) is 13.2 Å². The second kappa shape index (κ2) is 5.65. The summed E-state index contributed by atoms with van der Waals surface area (Å²) in [5, 5.41) is 3.15. The molecule has 14 heavy (non-hydrogen) atoms. The van der Waals surface area contributed by atoms with E-state index in [1.807, 2.05) is 0 Å². The molecule has 2 unspecified atom stereocenters. The van der Waals surface area contributed by atoms with E-state index in [2.05, 4.69) is 10.1 Å². The van der Waals surface area contributed by atoms with Crippen LogP contribution >= 0.6 is 0 Å². The lowest BCUT2D eigenvalue weighted by molar-refractivity contribution is -0.134. The fourth-order valence-corrected chi connectivity index (χ4v) is 1.63. The minimum atomic E-state index is -0.334. The molecule has 1 fully saturated rings. The van der Waals surface area contributed by atoms with Gasteiger partial charge >= 0.3 is 5.97 Å². The second-order valence-corrected chi connectivity index (χ2v) is 3.39. The first-order chi connectivity index (χ1) is 6.76. The fraction of sp³-hybridized carbons (Fsp3) is 0.700. The Labute approximate surface area is 84.3 Å². The highest BCUT2D eigenvalue weighted by molar-refractivity contribution is 5.81. The Balaban J connectivity index is 2.20. The third-order valence-electron chi connectivity index (χ3n) is 2.47. The molecular weight excluding hydrogens is 182 g/mol. The van der Waals surface area contributed by atoms with Gasteiger partial charge in [-0.3, -0.25) is 0 Å². The number of methoxy groups -OCH3 is 2. The predicted octanol–water partition coefficient (Wildman–Crippen LogP) is 0.830. The van der Waals surface area contributed by atoms with E-state index < -0.39 is 0 Å². The standard InChI is InChI=1S/C10H17NO3/c1-13-9-4-3-8(7-9)11-6-5-10(12)14-2/h5-6,8-9,11H,3-4,7H2,1-2H3/b6-5+. The number of ether oxygens (including phenoxy) is 2. The molecule has 0 aromatic heterocycles. The van der Waals surface area contributed by atoms with Gasteiger partial charge in [0.25, 0.3) is 0 Å². The number of rotatable bonds is 4. The molecule has 0 amide bonds. The van der Waals surface area contributed by atoms with E-state index >= 15 is 0 Å². The van der Waals surface area contributed by atoms with Gasteiger partial charge in [-0.25, -0.2) is 4.79 Å². The smallest absolute Gasteiger partial charge is 0.331 e. The Kier molecular flexibility index (Phi) is 4.46. The van der Waals surface area contributed by atoms with Gasteiger partial charge in [-0.2, -0.15) is 0 Å². The molecule has 1 saturated carbocycles. The number of hydrogen-bond donors (Lipinski definition) is 1. The molecular formula is C10H17NO3. The molecule has 0 spiro atoms. The van der Waals surface area contributed by atoms with Crippen LogP contribution in [0.15, 0.2) is 12.3 Å². The van der Waals surface area contributed by atoms with Crippen molar-refractivity contribution in [1.29, 1.82) is 0 Å². The van der Waals surface area contributed by atoms with Gasteiger partial charge in [0.15, 0.2) is 0 Å². The average Bonchev–Trinajstić information content (AvgIpc) is 2.65. The summed E-state index contributed by atoms with van der Waals surface area (Å²) in [5.41, 5.74) is 0. The highest BCUT2D eigenvalue weighted by atomic mass is 16.5. The molecule has 0 aromatic carbocycles. The molecule has 1 aliphatic carbocycles. The van der Waals surface area contributed by atoms with Crippen LogP contribution in [0.3, 0.4) is 0 Å². The zero-order valence-electron chi connectivity index (χ0n) is 8.66. The molecule has 1 aliphatic rings.